The normalized spacial score (nSPS) is 12.2. The summed E-state index contributed by atoms with van der Waals surface area (Å²) < 4.78 is 16.9. The number of esters is 1. The van der Waals surface area contributed by atoms with Crippen molar-refractivity contribution in [3.63, 3.8) is 0 Å². The van der Waals surface area contributed by atoms with Crippen LogP contribution in [0, 0.1) is 0 Å². The van der Waals surface area contributed by atoms with Crippen LogP contribution < -0.4 is 25.0 Å². The van der Waals surface area contributed by atoms with Crippen molar-refractivity contribution in [1.82, 2.24) is 10.7 Å². The van der Waals surface area contributed by atoms with Gasteiger partial charge in [0.25, 0.3) is 11.8 Å². The molecule has 0 saturated heterocycles. The largest absolute Gasteiger partial charge is 0.454 e. The van der Waals surface area contributed by atoms with Gasteiger partial charge in [0.2, 0.25) is 6.79 Å². The average molecular weight is 612 g/mol. The monoisotopic (exact) mass is 611 g/mol. The van der Waals surface area contributed by atoms with E-state index in [1.165, 1.54) is 12.3 Å². The smallest absolute Gasteiger partial charge is 0.343 e. The summed E-state index contributed by atoms with van der Waals surface area (Å²) in [5.74, 6) is -0.0859. The third kappa shape index (κ3) is 7.25. The fourth-order valence-electron chi connectivity index (χ4n) is 3.74. The lowest BCUT2D eigenvalue weighted by atomic mass is 10.1. The quantitative estimate of drug-likeness (QED) is 0.0916. The van der Waals surface area contributed by atoms with Crippen LogP contribution in [0.2, 0.25) is 0 Å². The number of halogens is 1. The van der Waals surface area contributed by atoms with E-state index in [1.807, 2.05) is 6.07 Å². The van der Waals surface area contributed by atoms with Gasteiger partial charge in [-0.3, -0.25) is 9.59 Å². The lowest BCUT2D eigenvalue weighted by molar-refractivity contribution is -0.117. The van der Waals surface area contributed by atoms with Crippen molar-refractivity contribution in [2.45, 2.75) is 0 Å². The number of hydrogen-bond donors (Lipinski definition) is 2. The maximum absolute atomic E-state index is 13.0. The van der Waals surface area contributed by atoms with Crippen LogP contribution in [0.3, 0.4) is 0 Å². The highest BCUT2D eigenvalue weighted by Crippen LogP contribution is 2.33. The van der Waals surface area contributed by atoms with Gasteiger partial charge in [-0.1, -0.05) is 46.3 Å². The van der Waals surface area contributed by atoms with Gasteiger partial charge in [-0.25, -0.2) is 10.2 Å². The third-order valence-electron chi connectivity index (χ3n) is 5.77. The molecule has 9 nitrogen and oxygen atoms in total. The van der Waals surface area contributed by atoms with E-state index >= 15 is 0 Å². The number of hydrazone groups is 1. The minimum atomic E-state index is -0.636. The number of rotatable bonds is 8. The van der Waals surface area contributed by atoms with Crippen LogP contribution in [-0.4, -0.2) is 30.8 Å². The number of amides is 2. The first kappa shape index (κ1) is 27.4. The molecule has 1 aliphatic heterocycles. The maximum atomic E-state index is 13.0. The number of fused-ring (bicyclic) bond motifs is 1. The third-order valence-corrected chi connectivity index (χ3v) is 6.26. The molecule has 1 heterocycles. The number of benzene rings is 4. The van der Waals surface area contributed by atoms with Gasteiger partial charge in [-0.15, -0.1) is 0 Å². The molecule has 0 radical (unpaired) electrons. The first-order valence-corrected chi connectivity index (χ1v) is 13.1. The van der Waals surface area contributed by atoms with Crippen molar-refractivity contribution in [3.8, 4) is 17.2 Å². The van der Waals surface area contributed by atoms with Gasteiger partial charge >= 0.3 is 5.97 Å². The molecule has 41 heavy (non-hydrogen) atoms. The van der Waals surface area contributed by atoms with E-state index < -0.39 is 17.8 Å². The molecule has 0 saturated carbocycles. The van der Waals surface area contributed by atoms with E-state index in [0.717, 1.165) is 4.47 Å². The lowest BCUT2D eigenvalue weighted by Gasteiger charge is -2.09. The molecule has 5 rings (SSSR count). The lowest BCUT2D eigenvalue weighted by Crippen LogP contribution is -2.32. The summed E-state index contributed by atoms with van der Waals surface area (Å²) in [5.41, 5.74) is 4.47. The number of ether oxygens (including phenoxy) is 3. The predicted molar refractivity (Wildman–Crippen MR) is 156 cm³/mol. The number of nitrogens with one attached hydrogen (secondary N) is 2. The molecule has 2 N–H and O–H groups in total. The van der Waals surface area contributed by atoms with Gasteiger partial charge < -0.3 is 19.5 Å². The molecule has 0 spiro atoms. The molecular weight excluding hydrogens is 590 g/mol. The van der Waals surface area contributed by atoms with E-state index in [2.05, 4.69) is 31.8 Å². The first-order chi connectivity index (χ1) is 19.9. The summed E-state index contributed by atoms with van der Waals surface area (Å²) >= 11 is 3.33. The number of carbonyl (C=O) groups excluding carboxylic acids is 3. The van der Waals surface area contributed by atoms with Gasteiger partial charge in [0, 0.05) is 10.0 Å². The molecule has 0 bridgehead atoms. The molecule has 0 unspecified atom stereocenters. The zero-order valence-electron chi connectivity index (χ0n) is 21.4. The second kappa shape index (κ2) is 12.8. The summed E-state index contributed by atoms with van der Waals surface area (Å²) in [4.78, 5) is 38.2. The maximum Gasteiger partial charge on any atom is 0.343 e. The van der Waals surface area contributed by atoms with E-state index in [9.17, 15) is 14.4 Å². The second-order valence-corrected chi connectivity index (χ2v) is 9.57. The molecular formula is C31H22BrN3O6. The first-order valence-electron chi connectivity index (χ1n) is 12.3. The van der Waals surface area contributed by atoms with Crippen LogP contribution in [0.5, 0.6) is 17.2 Å². The zero-order chi connectivity index (χ0) is 28.6. The SMILES string of the molecule is O=C(NN=Cc1ccc(OC(=O)c2cccc(Br)c2)cc1)C(=Cc1ccc2c(c1)OCO2)NC(=O)c1ccccc1. The van der Waals surface area contributed by atoms with Crippen LogP contribution in [0.25, 0.3) is 6.08 Å². The van der Waals surface area contributed by atoms with Crippen LogP contribution in [-0.2, 0) is 4.79 Å². The minimum absolute atomic E-state index is 0.0234. The Hall–Kier alpha value is -5.22. The highest BCUT2D eigenvalue weighted by molar-refractivity contribution is 9.10. The Morgan fingerprint density at radius 1 is 0.805 bits per heavy atom. The van der Waals surface area contributed by atoms with E-state index in [4.69, 9.17) is 14.2 Å². The highest BCUT2D eigenvalue weighted by Gasteiger charge is 2.17. The molecule has 0 fully saturated rings. The van der Waals surface area contributed by atoms with Gasteiger partial charge in [-0.2, -0.15) is 5.10 Å². The Morgan fingerprint density at radius 2 is 1.54 bits per heavy atom. The molecule has 0 aromatic heterocycles. The number of nitrogens with zero attached hydrogens (tertiary/aromatic N) is 1. The van der Waals surface area contributed by atoms with Gasteiger partial charge in [-0.05, 0) is 83.9 Å². The minimum Gasteiger partial charge on any atom is -0.454 e. The predicted octanol–water partition coefficient (Wildman–Crippen LogP) is 5.32. The summed E-state index contributed by atoms with van der Waals surface area (Å²) in [7, 11) is 0. The van der Waals surface area contributed by atoms with Crippen molar-refractivity contribution in [3.05, 3.63) is 129 Å². The van der Waals surface area contributed by atoms with Crippen LogP contribution in [0.15, 0.2) is 112 Å². The average Bonchev–Trinajstić information content (AvgIpc) is 3.46. The van der Waals surface area contributed by atoms with E-state index in [1.54, 1.807) is 91.0 Å². The molecule has 204 valence electrons. The molecule has 1 aliphatic rings. The van der Waals surface area contributed by atoms with Crippen LogP contribution in [0.4, 0.5) is 0 Å². The van der Waals surface area contributed by atoms with Crippen LogP contribution >= 0.6 is 15.9 Å². The molecule has 0 atom stereocenters. The summed E-state index contributed by atoms with van der Waals surface area (Å²) in [5, 5.41) is 6.67. The number of hydrogen-bond acceptors (Lipinski definition) is 7. The molecule has 10 heteroatoms. The molecule has 0 aliphatic carbocycles. The van der Waals surface area contributed by atoms with E-state index in [0.29, 0.717) is 39.5 Å². The van der Waals surface area contributed by atoms with Crippen LogP contribution in [0.1, 0.15) is 31.8 Å². The summed E-state index contributed by atoms with van der Waals surface area (Å²) in [6, 6.07) is 27.2. The van der Waals surface area contributed by atoms with Crippen molar-refractivity contribution >= 4 is 46.0 Å². The Bertz CT molecular complexity index is 1650. The molecule has 4 aromatic carbocycles. The highest BCUT2D eigenvalue weighted by atomic mass is 79.9. The van der Waals surface area contributed by atoms with Crippen molar-refractivity contribution < 1.29 is 28.6 Å². The molecule has 2 amide bonds. The van der Waals surface area contributed by atoms with Crippen molar-refractivity contribution in [2.75, 3.05) is 6.79 Å². The zero-order valence-corrected chi connectivity index (χ0v) is 23.0. The number of carbonyl (C=O) groups is 3. The fraction of sp³-hybridized carbons (Fsp3) is 0.0323. The van der Waals surface area contributed by atoms with Gasteiger partial charge in [0.15, 0.2) is 11.5 Å². The Labute approximate surface area is 243 Å². The van der Waals surface area contributed by atoms with Gasteiger partial charge in [0.1, 0.15) is 11.4 Å². The Kier molecular flexibility index (Phi) is 8.51. The van der Waals surface area contributed by atoms with Gasteiger partial charge in [0.05, 0.1) is 11.8 Å². The second-order valence-electron chi connectivity index (χ2n) is 8.66. The Balaban J connectivity index is 1.26. The standard InChI is InChI=1S/C31H22BrN3O6/c32-24-8-4-7-23(17-24)31(38)41-25-12-9-20(10-13-25)18-33-35-30(37)26(34-29(36)22-5-2-1-3-6-22)15-21-11-14-27-28(16-21)40-19-39-27/h1-18H,19H2,(H,34,36)(H,35,37). The Morgan fingerprint density at radius 3 is 2.32 bits per heavy atom. The fourth-order valence-corrected chi connectivity index (χ4v) is 4.14. The summed E-state index contributed by atoms with van der Waals surface area (Å²) in [6.07, 6.45) is 2.94. The van der Waals surface area contributed by atoms with E-state index in [-0.39, 0.29) is 12.5 Å². The summed E-state index contributed by atoms with van der Waals surface area (Å²) in [6.45, 7) is 0.115. The van der Waals surface area contributed by atoms with Crippen molar-refractivity contribution in [1.29, 1.82) is 0 Å². The van der Waals surface area contributed by atoms with Crippen molar-refractivity contribution in [2.24, 2.45) is 5.10 Å². The molecule has 4 aromatic rings. The topological polar surface area (TPSA) is 115 Å².